The van der Waals surface area contributed by atoms with Crippen LogP contribution in [-0.4, -0.2) is 16.1 Å². The van der Waals surface area contributed by atoms with E-state index in [1.165, 1.54) is 0 Å². The summed E-state index contributed by atoms with van der Waals surface area (Å²) in [4.78, 5) is 15.9. The lowest BCUT2D eigenvalue weighted by atomic mass is 9.78. The summed E-state index contributed by atoms with van der Waals surface area (Å²) in [5, 5.41) is 11.8. The number of benzene rings is 1. The van der Waals surface area contributed by atoms with Crippen molar-refractivity contribution in [1.82, 2.24) is 4.98 Å². The molecule has 1 aromatic carbocycles. The molecule has 0 radical (unpaired) electrons. The van der Waals surface area contributed by atoms with Crippen molar-refractivity contribution in [2.75, 3.05) is 0 Å². The lowest BCUT2D eigenvalue weighted by Crippen LogP contribution is -2.32. The molecule has 1 N–H and O–H groups in total. The van der Waals surface area contributed by atoms with Crippen LogP contribution in [0.15, 0.2) is 30.6 Å². The molecule has 98 valence electrons. The van der Waals surface area contributed by atoms with E-state index in [9.17, 15) is 9.90 Å². The van der Waals surface area contributed by atoms with Gasteiger partial charge in [0.05, 0.1) is 5.41 Å². The minimum atomic E-state index is -0.690. The lowest BCUT2D eigenvalue weighted by Gasteiger charge is -2.24. The number of carbonyl (C=O) groups is 1. The maximum Gasteiger partial charge on any atom is 0.314 e. The largest absolute Gasteiger partial charge is 0.481 e. The molecule has 1 aliphatic carbocycles. The molecule has 0 unspecified atom stereocenters. The van der Waals surface area contributed by atoms with Crippen LogP contribution in [0.5, 0.6) is 0 Å². The summed E-state index contributed by atoms with van der Waals surface area (Å²) in [5.41, 5.74) is 1.37. The summed E-state index contributed by atoms with van der Waals surface area (Å²) in [7, 11) is 0. The van der Waals surface area contributed by atoms with Crippen LogP contribution in [0.1, 0.15) is 36.8 Å². The maximum atomic E-state index is 11.7. The first-order valence-corrected chi connectivity index (χ1v) is 6.72. The van der Waals surface area contributed by atoms with Crippen molar-refractivity contribution in [2.45, 2.75) is 38.0 Å². The van der Waals surface area contributed by atoms with Crippen molar-refractivity contribution < 1.29 is 9.90 Å². The highest BCUT2D eigenvalue weighted by Gasteiger charge is 2.42. The molecule has 2 aromatic rings. The Bertz CT molecular complexity index is 642. The van der Waals surface area contributed by atoms with Crippen molar-refractivity contribution in [1.29, 1.82) is 0 Å². The summed E-state index contributed by atoms with van der Waals surface area (Å²) >= 11 is 0. The van der Waals surface area contributed by atoms with E-state index in [1.807, 2.05) is 37.5 Å². The fourth-order valence-corrected chi connectivity index (χ4v) is 3.23. The van der Waals surface area contributed by atoms with Gasteiger partial charge in [-0.1, -0.05) is 25.0 Å². The predicted molar refractivity (Wildman–Crippen MR) is 74.3 cm³/mol. The summed E-state index contributed by atoms with van der Waals surface area (Å²) < 4.78 is 0. The Balaban J connectivity index is 2.17. The van der Waals surface area contributed by atoms with Crippen LogP contribution in [0, 0.1) is 6.92 Å². The molecule has 3 nitrogen and oxygen atoms in total. The first-order chi connectivity index (χ1) is 9.13. The highest BCUT2D eigenvalue weighted by molar-refractivity contribution is 5.88. The number of aromatic nitrogens is 1. The minimum Gasteiger partial charge on any atom is -0.481 e. The van der Waals surface area contributed by atoms with Gasteiger partial charge in [-0.15, -0.1) is 0 Å². The Morgan fingerprint density at radius 2 is 2.00 bits per heavy atom. The molecule has 0 aliphatic heterocycles. The SMILES string of the molecule is Cc1cncc2cc(C3(C(=O)O)CCCC3)ccc12. The van der Waals surface area contributed by atoms with Gasteiger partial charge in [-0.25, -0.2) is 0 Å². The molecule has 1 aromatic heterocycles. The van der Waals surface area contributed by atoms with Gasteiger partial charge >= 0.3 is 5.97 Å². The predicted octanol–water partition coefficient (Wildman–Crippen LogP) is 3.44. The van der Waals surface area contributed by atoms with Gasteiger partial charge in [0.25, 0.3) is 0 Å². The van der Waals surface area contributed by atoms with Crippen molar-refractivity contribution in [2.24, 2.45) is 0 Å². The Kier molecular flexibility index (Phi) is 2.77. The first-order valence-electron chi connectivity index (χ1n) is 6.72. The normalized spacial score (nSPS) is 17.7. The standard InChI is InChI=1S/C16H17NO2/c1-11-9-17-10-12-8-13(4-5-14(11)12)16(15(18)19)6-2-3-7-16/h4-5,8-10H,2-3,6-7H2,1H3,(H,18,19). The molecule has 0 atom stereocenters. The second kappa shape index (κ2) is 4.34. The zero-order valence-corrected chi connectivity index (χ0v) is 11.0. The number of aryl methyl sites for hydroxylation is 1. The van der Waals surface area contributed by atoms with Gasteiger partial charge in [0.15, 0.2) is 0 Å². The van der Waals surface area contributed by atoms with E-state index in [0.717, 1.165) is 47.6 Å². The molecule has 19 heavy (non-hydrogen) atoms. The number of fused-ring (bicyclic) bond motifs is 1. The lowest BCUT2D eigenvalue weighted by molar-refractivity contribution is -0.143. The van der Waals surface area contributed by atoms with Gasteiger partial charge in [-0.2, -0.15) is 0 Å². The second-order valence-electron chi connectivity index (χ2n) is 5.49. The highest BCUT2D eigenvalue weighted by atomic mass is 16.4. The van der Waals surface area contributed by atoms with Crippen molar-refractivity contribution in [3.8, 4) is 0 Å². The number of hydrogen-bond donors (Lipinski definition) is 1. The number of hydrogen-bond acceptors (Lipinski definition) is 2. The minimum absolute atomic E-state index is 0.683. The van der Waals surface area contributed by atoms with Crippen LogP contribution in [0.4, 0.5) is 0 Å². The van der Waals surface area contributed by atoms with Gasteiger partial charge in [-0.3, -0.25) is 9.78 Å². The molecule has 0 spiro atoms. The quantitative estimate of drug-likeness (QED) is 0.894. The molecule has 0 saturated heterocycles. The molecular formula is C16H17NO2. The monoisotopic (exact) mass is 255 g/mol. The van der Waals surface area contributed by atoms with Gasteiger partial charge in [0.1, 0.15) is 0 Å². The average Bonchev–Trinajstić information content (AvgIpc) is 2.89. The van der Waals surface area contributed by atoms with E-state index in [1.54, 1.807) is 0 Å². The van der Waals surface area contributed by atoms with E-state index < -0.39 is 11.4 Å². The Labute approximate surface area is 112 Å². The van der Waals surface area contributed by atoms with Gasteiger partial charge in [-0.05, 0) is 42.3 Å². The zero-order chi connectivity index (χ0) is 13.5. The fraction of sp³-hybridized carbons (Fsp3) is 0.375. The smallest absolute Gasteiger partial charge is 0.314 e. The number of nitrogens with zero attached hydrogens (tertiary/aromatic N) is 1. The molecule has 3 rings (SSSR count). The topological polar surface area (TPSA) is 50.2 Å². The number of aliphatic carboxylic acids is 1. The molecule has 1 heterocycles. The molecule has 0 amide bonds. The van der Waals surface area contributed by atoms with E-state index >= 15 is 0 Å². The van der Waals surface area contributed by atoms with E-state index in [2.05, 4.69) is 4.98 Å². The molecule has 1 saturated carbocycles. The molecule has 3 heteroatoms. The van der Waals surface area contributed by atoms with Crippen LogP contribution < -0.4 is 0 Å². The third-order valence-corrected chi connectivity index (χ3v) is 4.38. The molecule has 0 bridgehead atoms. The molecule has 1 aliphatic rings. The van der Waals surface area contributed by atoms with Crippen LogP contribution in [0.2, 0.25) is 0 Å². The van der Waals surface area contributed by atoms with Gasteiger partial charge in [0, 0.05) is 17.8 Å². The highest BCUT2D eigenvalue weighted by Crippen LogP contribution is 2.42. The average molecular weight is 255 g/mol. The summed E-state index contributed by atoms with van der Waals surface area (Å²) in [6, 6.07) is 6.02. The van der Waals surface area contributed by atoms with Crippen LogP contribution in [0.3, 0.4) is 0 Å². The third-order valence-electron chi connectivity index (χ3n) is 4.38. The van der Waals surface area contributed by atoms with Crippen LogP contribution in [-0.2, 0) is 10.2 Å². The van der Waals surface area contributed by atoms with E-state index in [0.29, 0.717) is 0 Å². The van der Waals surface area contributed by atoms with Crippen molar-refractivity contribution in [3.05, 3.63) is 41.7 Å². The Morgan fingerprint density at radius 1 is 1.26 bits per heavy atom. The molecule has 1 fully saturated rings. The van der Waals surface area contributed by atoms with Crippen LogP contribution >= 0.6 is 0 Å². The summed E-state index contributed by atoms with van der Waals surface area (Å²) in [6.07, 6.45) is 7.13. The Morgan fingerprint density at radius 3 is 2.68 bits per heavy atom. The van der Waals surface area contributed by atoms with Crippen molar-refractivity contribution >= 4 is 16.7 Å². The van der Waals surface area contributed by atoms with Crippen molar-refractivity contribution in [3.63, 3.8) is 0 Å². The first kappa shape index (κ1) is 12.2. The number of rotatable bonds is 2. The van der Waals surface area contributed by atoms with Gasteiger partial charge < -0.3 is 5.11 Å². The van der Waals surface area contributed by atoms with E-state index in [4.69, 9.17) is 0 Å². The van der Waals surface area contributed by atoms with E-state index in [-0.39, 0.29) is 0 Å². The molecular weight excluding hydrogens is 238 g/mol. The maximum absolute atomic E-state index is 11.7. The number of pyridine rings is 1. The second-order valence-corrected chi connectivity index (χ2v) is 5.49. The van der Waals surface area contributed by atoms with Gasteiger partial charge in [0.2, 0.25) is 0 Å². The third kappa shape index (κ3) is 1.81. The Hall–Kier alpha value is -1.90. The fourth-order valence-electron chi connectivity index (χ4n) is 3.23. The summed E-state index contributed by atoms with van der Waals surface area (Å²) in [5.74, 6) is -0.690. The number of carboxylic acids is 1. The zero-order valence-electron chi connectivity index (χ0n) is 11.0. The summed E-state index contributed by atoms with van der Waals surface area (Å²) in [6.45, 7) is 2.03. The van der Waals surface area contributed by atoms with Crippen LogP contribution in [0.25, 0.3) is 10.8 Å². The number of carboxylic acid groups (broad SMARTS) is 1.